The van der Waals surface area contributed by atoms with Crippen LogP contribution >= 0.6 is 0 Å². The highest BCUT2D eigenvalue weighted by atomic mass is 32.2. The second-order valence-corrected chi connectivity index (χ2v) is 13.4. The molecule has 0 unspecified atom stereocenters. The maximum absolute atomic E-state index is 13.4. The van der Waals surface area contributed by atoms with Crippen molar-refractivity contribution in [3.63, 3.8) is 0 Å². The van der Waals surface area contributed by atoms with Gasteiger partial charge in [-0.25, -0.2) is 13.2 Å². The van der Waals surface area contributed by atoms with Gasteiger partial charge in [0.1, 0.15) is 22.0 Å². The van der Waals surface area contributed by atoms with Crippen molar-refractivity contribution in [2.45, 2.75) is 64.7 Å². The van der Waals surface area contributed by atoms with Gasteiger partial charge >= 0.3 is 5.97 Å². The van der Waals surface area contributed by atoms with Gasteiger partial charge in [-0.1, -0.05) is 48.5 Å². The van der Waals surface area contributed by atoms with E-state index < -0.39 is 27.8 Å². The van der Waals surface area contributed by atoms with Crippen molar-refractivity contribution in [2.75, 3.05) is 25.2 Å². The predicted molar refractivity (Wildman–Crippen MR) is 167 cm³/mol. The SMILES string of the molecule is CCOC[C@H](OCc1ccc(C(=O)N[C@@H](CCS(C)(=O)=O)C(=O)O)c(-c2ccccc2C)c1)c1ccc2c(c1)CCCC2. The zero-order chi connectivity index (χ0) is 31.0. The Kier molecular flexibility index (Phi) is 11.1. The third-order valence-electron chi connectivity index (χ3n) is 7.81. The van der Waals surface area contributed by atoms with Crippen molar-refractivity contribution in [1.82, 2.24) is 5.32 Å². The molecule has 2 N–H and O–H groups in total. The van der Waals surface area contributed by atoms with Crippen LogP contribution in [0.2, 0.25) is 0 Å². The molecule has 1 amide bonds. The fourth-order valence-corrected chi connectivity index (χ4v) is 6.08. The second-order valence-electron chi connectivity index (χ2n) is 11.2. The van der Waals surface area contributed by atoms with Gasteiger partial charge in [-0.2, -0.15) is 0 Å². The van der Waals surface area contributed by atoms with Crippen LogP contribution in [0.1, 0.15) is 70.5 Å². The average Bonchev–Trinajstić information content (AvgIpc) is 2.98. The molecule has 3 aromatic carbocycles. The second kappa shape index (κ2) is 14.8. The summed E-state index contributed by atoms with van der Waals surface area (Å²) in [4.78, 5) is 25.2. The molecule has 0 radical (unpaired) electrons. The van der Waals surface area contributed by atoms with E-state index in [1.54, 1.807) is 12.1 Å². The Morgan fingerprint density at radius 1 is 0.977 bits per heavy atom. The summed E-state index contributed by atoms with van der Waals surface area (Å²) in [5.41, 5.74) is 7.43. The Balaban J connectivity index is 1.60. The molecule has 2 atom stereocenters. The molecule has 0 saturated heterocycles. The molecule has 43 heavy (non-hydrogen) atoms. The Morgan fingerprint density at radius 3 is 2.42 bits per heavy atom. The number of carbonyl (C=O) groups is 2. The molecule has 3 aromatic rings. The van der Waals surface area contributed by atoms with Crippen molar-refractivity contribution in [3.05, 3.63) is 94.0 Å². The van der Waals surface area contributed by atoms with Crippen LogP contribution in [0, 0.1) is 6.92 Å². The summed E-state index contributed by atoms with van der Waals surface area (Å²) < 4.78 is 35.5. The number of nitrogens with one attached hydrogen (secondary N) is 1. The van der Waals surface area contributed by atoms with Crippen LogP contribution in [0.4, 0.5) is 0 Å². The number of sulfone groups is 1. The number of aliphatic carboxylic acids is 1. The quantitative estimate of drug-likeness (QED) is 0.250. The number of aryl methyl sites for hydroxylation is 3. The molecule has 0 bridgehead atoms. The Morgan fingerprint density at radius 2 is 1.72 bits per heavy atom. The highest BCUT2D eigenvalue weighted by Crippen LogP contribution is 2.31. The molecule has 0 heterocycles. The van der Waals surface area contributed by atoms with E-state index in [0.717, 1.165) is 41.4 Å². The standard InChI is InChI=1S/C34H41NO7S/c1-4-41-22-32(27-15-14-25-10-6-7-11-26(25)20-27)42-21-24-13-16-29(30(19-24)28-12-8-5-9-23(28)2)33(36)35-31(34(37)38)17-18-43(3,39)40/h5,8-9,12-16,19-20,31-32H,4,6-7,10-11,17-18,21-22H2,1-3H3,(H,35,36)(H,37,38)/t31-,32-/m0/s1. The topological polar surface area (TPSA) is 119 Å². The minimum Gasteiger partial charge on any atom is -0.480 e. The van der Waals surface area contributed by atoms with E-state index >= 15 is 0 Å². The monoisotopic (exact) mass is 607 g/mol. The average molecular weight is 608 g/mol. The van der Waals surface area contributed by atoms with Crippen molar-refractivity contribution in [3.8, 4) is 11.1 Å². The van der Waals surface area contributed by atoms with Gasteiger partial charge in [0.25, 0.3) is 5.91 Å². The summed E-state index contributed by atoms with van der Waals surface area (Å²) in [7, 11) is -3.40. The molecule has 8 nitrogen and oxygen atoms in total. The van der Waals surface area contributed by atoms with Gasteiger partial charge in [-0.05, 0) is 97.0 Å². The van der Waals surface area contributed by atoms with Crippen LogP contribution in [0.25, 0.3) is 11.1 Å². The van der Waals surface area contributed by atoms with E-state index in [1.165, 1.54) is 24.0 Å². The third kappa shape index (κ3) is 8.98. The summed E-state index contributed by atoms with van der Waals surface area (Å²) in [5.74, 6) is -2.23. The number of amides is 1. The van der Waals surface area contributed by atoms with Crippen LogP contribution in [0.3, 0.4) is 0 Å². The summed E-state index contributed by atoms with van der Waals surface area (Å²) >= 11 is 0. The predicted octanol–water partition coefficient (Wildman–Crippen LogP) is 5.45. The largest absolute Gasteiger partial charge is 0.480 e. The first-order valence-electron chi connectivity index (χ1n) is 14.8. The van der Waals surface area contributed by atoms with Crippen molar-refractivity contribution in [1.29, 1.82) is 0 Å². The van der Waals surface area contributed by atoms with Gasteiger partial charge < -0.3 is 19.9 Å². The van der Waals surface area contributed by atoms with Crippen LogP contribution < -0.4 is 5.32 Å². The summed E-state index contributed by atoms with van der Waals surface area (Å²) in [6, 6.07) is 18.2. The van der Waals surface area contributed by atoms with Gasteiger partial charge in [-0.15, -0.1) is 0 Å². The minimum atomic E-state index is -3.40. The van der Waals surface area contributed by atoms with Crippen molar-refractivity contribution in [2.24, 2.45) is 0 Å². The van der Waals surface area contributed by atoms with Crippen LogP contribution in [0.15, 0.2) is 60.7 Å². The van der Waals surface area contributed by atoms with Gasteiger partial charge in [0.2, 0.25) is 0 Å². The van der Waals surface area contributed by atoms with Crippen LogP contribution in [-0.4, -0.2) is 56.7 Å². The number of fused-ring (bicyclic) bond motifs is 1. The number of ether oxygens (including phenoxy) is 2. The molecule has 0 fully saturated rings. The lowest BCUT2D eigenvalue weighted by Gasteiger charge is -2.22. The first kappa shape index (κ1) is 32.4. The Hall–Kier alpha value is -3.53. The lowest BCUT2D eigenvalue weighted by molar-refractivity contribution is -0.139. The van der Waals surface area contributed by atoms with Gasteiger partial charge in [0, 0.05) is 18.4 Å². The van der Waals surface area contributed by atoms with E-state index in [1.807, 2.05) is 44.2 Å². The van der Waals surface area contributed by atoms with Crippen molar-refractivity contribution >= 4 is 21.7 Å². The molecule has 4 rings (SSSR count). The first-order valence-corrected chi connectivity index (χ1v) is 16.8. The maximum Gasteiger partial charge on any atom is 0.326 e. The van der Waals surface area contributed by atoms with E-state index in [-0.39, 0.29) is 24.9 Å². The smallest absolute Gasteiger partial charge is 0.326 e. The van der Waals surface area contributed by atoms with E-state index in [9.17, 15) is 23.1 Å². The molecule has 0 spiro atoms. The van der Waals surface area contributed by atoms with Gasteiger partial charge in [0.15, 0.2) is 0 Å². The molecular formula is C34H41NO7S. The summed E-state index contributed by atoms with van der Waals surface area (Å²) in [6.07, 6.45) is 5.15. The molecule has 230 valence electrons. The number of benzene rings is 3. The highest BCUT2D eigenvalue weighted by Gasteiger charge is 2.25. The van der Waals surface area contributed by atoms with Gasteiger partial charge in [-0.3, -0.25) is 4.79 Å². The number of carbonyl (C=O) groups excluding carboxylic acids is 1. The maximum atomic E-state index is 13.4. The number of carboxylic acids is 1. The van der Waals surface area contributed by atoms with Crippen LogP contribution in [-0.2, 0) is 43.6 Å². The minimum absolute atomic E-state index is 0.227. The molecule has 1 aliphatic rings. The zero-order valence-corrected chi connectivity index (χ0v) is 25.9. The van der Waals surface area contributed by atoms with E-state index in [4.69, 9.17) is 9.47 Å². The molecule has 1 aliphatic carbocycles. The highest BCUT2D eigenvalue weighted by molar-refractivity contribution is 7.90. The fraction of sp³-hybridized carbons (Fsp3) is 0.412. The lowest BCUT2D eigenvalue weighted by Crippen LogP contribution is -2.42. The molecule has 0 saturated carbocycles. The summed E-state index contributed by atoms with van der Waals surface area (Å²) in [5, 5.41) is 12.2. The first-order chi connectivity index (χ1) is 20.6. The number of rotatable bonds is 14. The van der Waals surface area contributed by atoms with Gasteiger partial charge in [0.05, 0.1) is 19.0 Å². The lowest BCUT2D eigenvalue weighted by atomic mass is 9.89. The molecule has 0 aliphatic heterocycles. The fourth-order valence-electron chi connectivity index (χ4n) is 5.42. The van der Waals surface area contributed by atoms with E-state index in [0.29, 0.717) is 24.3 Å². The Bertz CT molecular complexity index is 1550. The normalized spacial score (nSPS) is 14.5. The van der Waals surface area contributed by atoms with E-state index in [2.05, 4.69) is 23.5 Å². The third-order valence-corrected chi connectivity index (χ3v) is 8.79. The number of hydrogen-bond donors (Lipinski definition) is 2. The number of carboxylic acid groups (broad SMARTS) is 1. The molecular weight excluding hydrogens is 566 g/mol. The van der Waals surface area contributed by atoms with Crippen LogP contribution in [0.5, 0.6) is 0 Å². The zero-order valence-electron chi connectivity index (χ0n) is 25.1. The molecule has 9 heteroatoms. The van der Waals surface area contributed by atoms with Crippen molar-refractivity contribution < 1.29 is 32.6 Å². The molecule has 0 aromatic heterocycles. The number of hydrogen-bond acceptors (Lipinski definition) is 6. The summed E-state index contributed by atoms with van der Waals surface area (Å²) in [6.45, 7) is 5.18. The Labute approximate surface area is 254 Å².